The molecule has 1 atom stereocenters. The third kappa shape index (κ3) is 3.42. The van der Waals surface area contributed by atoms with Crippen molar-refractivity contribution >= 4 is 11.6 Å². The number of nitrogen functional groups attached to an aromatic ring is 1. The number of likely N-dealkylation sites (N-methyl/N-ethyl adjacent to an activating group) is 1. The van der Waals surface area contributed by atoms with Crippen LogP contribution in [0, 0.1) is 0 Å². The molecule has 1 heterocycles. The third-order valence-electron chi connectivity index (χ3n) is 3.60. The maximum Gasteiger partial charge on any atom is 0.255 e. The molecule has 1 amide bonds. The number of nitrogens with zero attached hydrogens (tertiary/aromatic N) is 2. The molecule has 0 aromatic carbocycles. The second-order valence-electron chi connectivity index (χ2n) is 5.02. The minimum atomic E-state index is -0.155. The van der Waals surface area contributed by atoms with Gasteiger partial charge in [0.25, 0.3) is 5.91 Å². The van der Waals surface area contributed by atoms with Gasteiger partial charge in [-0.1, -0.05) is 0 Å². The maximum absolute atomic E-state index is 12.1. The Morgan fingerprint density at radius 1 is 1.63 bits per heavy atom. The van der Waals surface area contributed by atoms with Crippen LogP contribution in [0.25, 0.3) is 0 Å². The molecule has 4 N–H and O–H groups in total. The number of aromatic nitrogens is 1. The fourth-order valence-corrected chi connectivity index (χ4v) is 2.02. The van der Waals surface area contributed by atoms with Crippen molar-refractivity contribution in [2.75, 3.05) is 19.0 Å². The van der Waals surface area contributed by atoms with Crippen LogP contribution in [0.5, 0.6) is 0 Å². The van der Waals surface area contributed by atoms with Gasteiger partial charge in [-0.25, -0.2) is 0 Å². The average Bonchev–Trinajstić information content (AvgIpc) is 3.28. The van der Waals surface area contributed by atoms with E-state index in [1.165, 1.54) is 19.0 Å². The van der Waals surface area contributed by atoms with Crippen molar-refractivity contribution in [2.24, 2.45) is 5.84 Å². The summed E-state index contributed by atoms with van der Waals surface area (Å²) in [6.07, 6.45) is 5.63. The van der Waals surface area contributed by atoms with Gasteiger partial charge in [0.2, 0.25) is 0 Å². The Kier molecular flexibility index (Phi) is 4.34. The predicted molar refractivity (Wildman–Crippen MR) is 74.6 cm³/mol. The lowest BCUT2D eigenvalue weighted by atomic mass is 10.2. The summed E-state index contributed by atoms with van der Waals surface area (Å²) in [5.74, 6) is 5.22. The van der Waals surface area contributed by atoms with Crippen LogP contribution in [0.1, 0.15) is 30.1 Å². The van der Waals surface area contributed by atoms with Crippen molar-refractivity contribution in [1.82, 2.24) is 15.2 Å². The predicted octanol–water partition coefficient (Wildman–Crippen LogP) is 0.580. The van der Waals surface area contributed by atoms with Crippen LogP contribution in [0.15, 0.2) is 18.5 Å². The van der Waals surface area contributed by atoms with Crippen LogP contribution >= 0.6 is 0 Å². The van der Waals surface area contributed by atoms with Gasteiger partial charge < -0.3 is 10.7 Å². The minimum Gasteiger partial charge on any atom is -0.350 e. The van der Waals surface area contributed by atoms with Gasteiger partial charge in [-0.05, 0) is 32.9 Å². The number of carbonyl (C=O) groups excluding carboxylic acids is 1. The molecule has 19 heavy (non-hydrogen) atoms. The number of carbonyl (C=O) groups is 1. The van der Waals surface area contributed by atoms with Crippen molar-refractivity contribution in [2.45, 2.75) is 31.8 Å². The molecular weight excluding hydrogens is 242 g/mol. The molecule has 1 aliphatic carbocycles. The lowest BCUT2D eigenvalue weighted by molar-refractivity contribution is 0.0940. The van der Waals surface area contributed by atoms with Crippen molar-refractivity contribution < 1.29 is 4.79 Å². The maximum atomic E-state index is 12.1. The van der Waals surface area contributed by atoms with Gasteiger partial charge in [0.1, 0.15) is 0 Å². The summed E-state index contributed by atoms with van der Waals surface area (Å²) in [5, 5.41) is 2.92. The van der Waals surface area contributed by atoms with Crippen molar-refractivity contribution in [3.05, 3.63) is 24.0 Å². The summed E-state index contributed by atoms with van der Waals surface area (Å²) in [6, 6.07) is 2.68. The summed E-state index contributed by atoms with van der Waals surface area (Å²) >= 11 is 0. The minimum absolute atomic E-state index is 0.155. The molecule has 0 spiro atoms. The van der Waals surface area contributed by atoms with E-state index in [1.54, 1.807) is 12.3 Å². The van der Waals surface area contributed by atoms with Crippen LogP contribution in [-0.2, 0) is 0 Å². The standard InChI is InChI=1S/C13H21N5O/c1-9(18(2)10-3-4-10)7-16-13(19)11-8-15-6-5-12(11)17-14/h5-6,8-10H,3-4,7,14H2,1-2H3,(H,15,17)(H,16,19). The number of nitrogens with one attached hydrogen (secondary N) is 2. The number of hydrogen-bond donors (Lipinski definition) is 3. The normalized spacial score (nSPS) is 16.2. The topological polar surface area (TPSA) is 83.3 Å². The highest BCUT2D eigenvalue weighted by molar-refractivity contribution is 5.99. The summed E-state index contributed by atoms with van der Waals surface area (Å²) in [5.41, 5.74) is 3.55. The van der Waals surface area contributed by atoms with Gasteiger partial charge in [-0.2, -0.15) is 0 Å². The molecule has 6 nitrogen and oxygen atoms in total. The highest BCUT2D eigenvalue weighted by atomic mass is 16.1. The molecule has 1 unspecified atom stereocenters. The van der Waals surface area contributed by atoms with Crippen molar-refractivity contribution in [3.63, 3.8) is 0 Å². The summed E-state index contributed by atoms with van der Waals surface area (Å²) in [6.45, 7) is 2.73. The molecule has 1 fully saturated rings. The number of hydrazine groups is 1. The molecule has 1 saturated carbocycles. The molecule has 2 rings (SSSR count). The summed E-state index contributed by atoms with van der Waals surface area (Å²) in [7, 11) is 2.10. The second-order valence-corrected chi connectivity index (χ2v) is 5.02. The van der Waals surface area contributed by atoms with E-state index in [0.717, 1.165) is 0 Å². The largest absolute Gasteiger partial charge is 0.350 e. The zero-order valence-electron chi connectivity index (χ0n) is 11.4. The Morgan fingerprint density at radius 3 is 3.00 bits per heavy atom. The number of amides is 1. The van der Waals surface area contributed by atoms with Gasteiger partial charge in [-0.15, -0.1) is 0 Å². The number of anilines is 1. The molecule has 0 bridgehead atoms. The first-order chi connectivity index (χ1) is 9.13. The smallest absolute Gasteiger partial charge is 0.255 e. The molecule has 6 heteroatoms. The van der Waals surface area contributed by atoms with Gasteiger partial charge in [-0.3, -0.25) is 20.5 Å². The van der Waals surface area contributed by atoms with E-state index in [1.807, 2.05) is 0 Å². The van der Waals surface area contributed by atoms with Crippen LogP contribution in [0.4, 0.5) is 5.69 Å². The van der Waals surface area contributed by atoms with Crippen LogP contribution in [0.2, 0.25) is 0 Å². The monoisotopic (exact) mass is 263 g/mol. The van der Waals surface area contributed by atoms with E-state index in [9.17, 15) is 4.79 Å². The first-order valence-corrected chi connectivity index (χ1v) is 6.54. The Hall–Kier alpha value is -1.66. The zero-order valence-corrected chi connectivity index (χ0v) is 11.4. The first-order valence-electron chi connectivity index (χ1n) is 6.54. The lowest BCUT2D eigenvalue weighted by Gasteiger charge is -2.24. The molecule has 1 aromatic rings. The van der Waals surface area contributed by atoms with Crippen molar-refractivity contribution in [1.29, 1.82) is 0 Å². The highest BCUT2D eigenvalue weighted by Gasteiger charge is 2.29. The van der Waals surface area contributed by atoms with Crippen LogP contribution < -0.4 is 16.6 Å². The Labute approximate surface area is 113 Å². The molecule has 0 radical (unpaired) electrons. The van der Waals surface area contributed by atoms with E-state index in [4.69, 9.17) is 5.84 Å². The molecule has 1 aliphatic rings. The zero-order chi connectivity index (χ0) is 13.8. The van der Waals surface area contributed by atoms with E-state index < -0.39 is 0 Å². The van der Waals surface area contributed by atoms with Crippen LogP contribution in [-0.4, -0.2) is 41.5 Å². The highest BCUT2D eigenvalue weighted by Crippen LogP contribution is 2.26. The van der Waals surface area contributed by atoms with E-state index >= 15 is 0 Å². The first kappa shape index (κ1) is 13.8. The van der Waals surface area contributed by atoms with Gasteiger partial charge in [0, 0.05) is 31.0 Å². The molecule has 0 saturated heterocycles. The fraction of sp³-hybridized carbons (Fsp3) is 0.538. The molecular formula is C13H21N5O. The number of pyridine rings is 1. The third-order valence-corrected chi connectivity index (χ3v) is 3.60. The van der Waals surface area contributed by atoms with Gasteiger partial charge in [0.05, 0.1) is 11.3 Å². The Morgan fingerprint density at radius 2 is 2.37 bits per heavy atom. The van der Waals surface area contributed by atoms with Gasteiger partial charge >= 0.3 is 0 Å². The summed E-state index contributed by atoms with van der Waals surface area (Å²) in [4.78, 5) is 18.3. The van der Waals surface area contributed by atoms with E-state index in [-0.39, 0.29) is 5.91 Å². The quantitative estimate of drug-likeness (QED) is 0.516. The summed E-state index contributed by atoms with van der Waals surface area (Å²) < 4.78 is 0. The SMILES string of the molecule is CC(CNC(=O)c1cnccc1NN)N(C)C1CC1. The van der Waals surface area contributed by atoms with E-state index in [0.29, 0.717) is 29.9 Å². The average molecular weight is 263 g/mol. The number of nitrogens with two attached hydrogens (primary N) is 1. The molecule has 0 aliphatic heterocycles. The number of rotatable bonds is 6. The lowest BCUT2D eigenvalue weighted by Crippen LogP contribution is -2.41. The van der Waals surface area contributed by atoms with Crippen LogP contribution in [0.3, 0.4) is 0 Å². The molecule has 104 valence electrons. The van der Waals surface area contributed by atoms with E-state index in [2.05, 4.69) is 34.6 Å². The molecule has 1 aromatic heterocycles. The second kappa shape index (κ2) is 5.99. The fourth-order valence-electron chi connectivity index (χ4n) is 2.02. The number of hydrogen-bond acceptors (Lipinski definition) is 5. The Bertz CT molecular complexity index is 446. The van der Waals surface area contributed by atoms with Gasteiger partial charge in [0.15, 0.2) is 0 Å². The van der Waals surface area contributed by atoms with Crippen molar-refractivity contribution in [3.8, 4) is 0 Å². The Balaban J connectivity index is 1.89.